The number of aromatic nitrogens is 2. The van der Waals surface area contributed by atoms with Crippen molar-refractivity contribution in [1.29, 1.82) is 0 Å². The van der Waals surface area contributed by atoms with Crippen LogP contribution in [0.25, 0.3) is 0 Å². The van der Waals surface area contributed by atoms with E-state index in [1.807, 2.05) is 0 Å². The smallest absolute Gasteiger partial charge is 0.305 e. The molecule has 1 aromatic heterocycles. The SMILES string of the molecule is COC(=O)CCCCCNc1nc(Nc2ccc(S(N)(=O)=O)cc2)ncc1Br. The number of primary sulfonamides is 1. The van der Waals surface area contributed by atoms with Gasteiger partial charge in [0, 0.05) is 24.8 Å². The van der Waals surface area contributed by atoms with Gasteiger partial charge in [-0.05, 0) is 53.0 Å². The molecule has 4 N–H and O–H groups in total. The summed E-state index contributed by atoms with van der Waals surface area (Å²) < 4.78 is 27.9. The number of nitrogens with two attached hydrogens (primary N) is 1. The van der Waals surface area contributed by atoms with Gasteiger partial charge in [0.1, 0.15) is 5.82 Å². The maximum atomic E-state index is 11.3. The van der Waals surface area contributed by atoms with Gasteiger partial charge in [-0.2, -0.15) is 4.98 Å². The Kier molecular flexibility index (Phi) is 8.15. The van der Waals surface area contributed by atoms with Crippen LogP contribution in [0.5, 0.6) is 0 Å². The van der Waals surface area contributed by atoms with E-state index < -0.39 is 10.0 Å². The monoisotopic (exact) mass is 471 g/mol. The van der Waals surface area contributed by atoms with Crippen molar-refractivity contribution >= 4 is 49.4 Å². The lowest BCUT2D eigenvalue weighted by molar-refractivity contribution is -0.140. The number of rotatable bonds is 10. The summed E-state index contributed by atoms with van der Waals surface area (Å²) in [5.41, 5.74) is 0.628. The molecule has 0 amide bonds. The number of hydrogen-bond acceptors (Lipinski definition) is 8. The summed E-state index contributed by atoms with van der Waals surface area (Å²) in [7, 11) is -2.34. The first kappa shape index (κ1) is 22.1. The zero-order valence-electron chi connectivity index (χ0n) is 15.3. The molecule has 0 saturated heterocycles. The molecule has 152 valence electrons. The second kappa shape index (κ2) is 10.3. The zero-order valence-corrected chi connectivity index (χ0v) is 17.7. The lowest BCUT2D eigenvalue weighted by Gasteiger charge is -2.10. The Balaban J connectivity index is 1.89. The summed E-state index contributed by atoms with van der Waals surface area (Å²) in [6.07, 6.45) is 4.60. The number of carbonyl (C=O) groups is 1. The van der Waals surface area contributed by atoms with Gasteiger partial charge in [0.25, 0.3) is 0 Å². The molecule has 0 atom stereocenters. The zero-order chi connectivity index (χ0) is 20.6. The standard InChI is InChI=1S/C17H22BrN5O4S/c1-27-15(24)5-3-2-4-10-20-16-14(18)11-21-17(23-16)22-12-6-8-13(9-7-12)28(19,25)26/h6-9,11H,2-5,10H2,1H3,(H2,19,25,26)(H2,20,21,22,23). The van der Waals surface area contributed by atoms with Crippen LogP contribution in [0.2, 0.25) is 0 Å². The molecule has 2 rings (SSSR count). The predicted molar refractivity (Wildman–Crippen MR) is 110 cm³/mol. The minimum Gasteiger partial charge on any atom is -0.469 e. The van der Waals surface area contributed by atoms with Crippen molar-refractivity contribution in [3.05, 3.63) is 34.9 Å². The number of nitrogens with zero attached hydrogens (tertiary/aromatic N) is 2. The molecule has 0 aliphatic rings. The molecule has 9 nitrogen and oxygen atoms in total. The molecule has 11 heteroatoms. The number of anilines is 3. The van der Waals surface area contributed by atoms with Crippen LogP contribution in [0, 0.1) is 0 Å². The predicted octanol–water partition coefficient (Wildman–Crippen LogP) is 2.78. The molecular weight excluding hydrogens is 450 g/mol. The summed E-state index contributed by atoms with van der Waals surface area (Å²) in [5.74, 6) is 0.797. The summed E-state index contributed by atoms with van der Waals surface area (Å²) in [6.45, 7) is 0.694. The maximum Gasteiger partial charge on any atom is 0.305 e. The minimum absolute atomic E-state index is 0.0318. The number of unbranched alkanes of at least 4 members (excludes halogenated alkanes) is 2. The van der Waals surface area contributed by atoms with Crippen LogP contribution in [0.4, 0.5) is 17.5 Å². The Morgan fingerprint density at radius 3 is 2.57 bits per heavy atom. The van der Waals surface area contributed by atoms with Gasteiger partial charge in [-0.25, -0.2) is 18.5 Å². The van der Waals surface area contributed by atoms with Crippen LogP contribution >= 0.6 is 15.9 Å². The molecule has 2 aromatic rings. The number of benzene rings is 1. The van der Waals surface area contributed by atoms with Gasteiger partial charge < -0.3 is 15.4 Å². The molecule has 0 radical (unpaired) electrons. The van der Waals surface area contributed by atoms with E-state index in [-0.39, 0.29) is 10.9 Å². The Labute approximate surface area is 172 Å². The summed E-state index contributed by atoms with van der Waals surface area (Å²) in [6, 6.07) is 5.98. The van der Waals surface area contributed by atoms with Crippen molar-refractivity contribution in [2.24, 2.45) is 5.14 Å². The Morgan fingerprint density at radius 2 is 1.93 bits per heavy atom. The molecule has 0 aliphatic heterocycles. The Bertz CT molecular complexity index is 906. The largest absolute Gasteiger partial charge is 0.469 e. The highest BCUT2D eigenvalue weighted by molar-refractivity contribution is 9.10. The average Bonchev–Trinajstić information content (AvgIpc) is 2.66. The highest BCUT2D eigenvalue weighted by Crippen LogP contribution is 2.22. The Morgan fingerprint density at radius 1 is 1.21 bits per heavy atom. The van der Waals surface area contributed by atoms with Gasteiger partial charge in [-0.3, -0.25) is 4.79 Å². The maximum absolute atomic E-state index is 11.3. The van der Waals surface area contributed by atoms with E-state index in [0.29, 0.717) is 30.4 Å². The van der Waals surface area contributed by atoms with E-state index >= 15 is 0 Å². The molecule has 28 heavy (non-hydrogen) atoms. The van der Waals surface area contributed by atoms with Gasteiger partial charge in [-0.15, -0.1) is 0 Å². The lowest BCUT2D eigenvalue weighted by atomic mass is 10.2. The first-order chi connectivity index (χ1) is 13.3. The Hall–Kier alpha value is -2.24. The van der Waals surface area contributed by atoms with Crippen molar-refractivity contribution in [2.75, 3.05) is 24.3 Å². The van der Waals surface area contributed by atoms with Crippen molar-refractivity contribution in [3.63, 3.8) is 0 Å². The highest BCUT2D eigenvalue weighted by atomic mass is 79.9. The summed E-state index contributed by atoms with van der Waals surface area (Å²) in [5, 5.41) is 11.3. The molecular formula is C17H22BrN5O4S. The second-order valence-electron chi connectivity index (χ2n) is 5.90. The quantitative estimate of drug-likeness (QED) is 0.355. The number of methoxy groups -OCH3 is 1. The first-order valence-electron chi connectivity index (χ1n) is 8.52. The first-order valence-corrected chi connectivity index (χ1v) is 10.9. The minimum atomic E-state index is -3.73. The van der Waals surface area contributed by atoms with Gasteiger partial charge in [0.2, 0.25) is 16.0 Å². The molecule has 0 saturated carbocycles. The van der Waals surface area contributed by atoms with E-state index in [0.717, 1.165) is 23.7 Å². The average molecular weight is 472 g/mol. The summed E-state index contributed by atoms with van der Waals surface area (Å²) in [4.78, 5) is 19.7. The molecule has 1 aromatic carbocycles. The van der Waals surface area contributed by atoms with Crippen molar-refractivity contribution < 1.29 is 17.9 Å². The third-order valence-electron chi connectivity index (χ3n) is 3.76. The number of esters is 1. The third kappa shape index (κ3) is 7.06. The van der Waals surface area contributed by atoms with Gasteiger partial charge >= 0.3 is 5.97 Å². The van der Waals surface area contributed by atoms with Crippen molar-refractivity contribution in [3.8, 4) is 0 Å². The number of ether oxygens (including phenoxy) is 1. The van der Waals surface area contributed by atoms with Gasteiger partial charge in [0.15, 0.2) is 0 Å². The molecule has 0 aliphatic carbocycles. The van der Waals surface area contributed by atoms with Gasteiger partial charge in [0.05, 0.1) is 16.5 Å². The fourth-order valence-electron chi connectivity index (χ4n) is 2.29. The lowest BCUT2D eigenvalue weighted by Crippen LogP contribution is -2.12. The fraction of sp³-hybridized carbons (Fsp3) is 0.353. The topological polar surface area (TPSA) is 136 Å². The number of sulfonamides is 1. The molecule has 0 bridgehead atoms. The van der Waals surface area contributed by atoms with E-state index in [4.69, 9.17) is 5.14 Å². The second-order valence-corrected chi connectivity index (χ2v) is 8.31. The van der Waals surface area contributed by atoms with Crippen molar-refractivity contribution in [1.82, 2.24) is 9.97 Å². The molecule has 0 fully saturated rings. The van der Waals surface area contributed by atoms with Crippen LogP contribution < -0.4 is 15.8 Å². The number of hydrogen-bond donors (Lipinski definition) is 3. The fourth-order valence-corrected chi connectivity index (χ4v) is 3.13. The molecule has 0 spiro atoms. The summed E-state index contributed by atoms with van der Waals surface area (Å²) >= 11 is 3.40. The normalized spacial score (nSPS) is 11.1. The number of halogens is 1. The number of carbonyl (C=O) groups excluding carboxylic acids is 1. The van der Waals surface area contributed by atoms with Crippen LogP contribution in [0.15, 0.2) is 39.8 Å². The van der Waals surface area contributed by atoms with Crippen LogP contribution in [0.3, 0.4) is 0 Å². The van der Waals surface area contributed by atoms with Crippen LogP contribution in [-0.4, -0.2) is 38.0 Å². The van der Waals surface area contributed by atoms with Gasteiger partial charge in [-0.1, -0.05) is 6.42 Å². The van der Waals surface area contributed by atoms with Crippen LogP contribution in [-0.2, 0) is 19.6 Å². The van der Waals surface area contributed by atoms with E-state index in [1.54, 1.807) is 18.3 Å². The molecule has 1 heterocycles. The van der Waals surface area contributed by atoms with Crippen molar-refractivity contribution in [2.45, 2.75) is 30.6 Å². The third-order valence-corrected chi connectivity index (χ3v) is 5.27. The molecule has 0 unspecified atom stereocenters. The van der Waals surface area contributed by atoms with E-state index in [1.165, 1.54) is 19.2 Å². The number of nitrogens with one attached hydrogen (secondary N) is 2. The van der Waals surface area contributed by atoms with E-state index in [9.17, 15) is 13.2 Å². The van der Waals surface area contributed by atoms with Crippen LogP contribution in [0.1, 0.15) is 25.7 Å². The highest BCUT2D eigenvalue weighted by Gasteiger charge is 2.09. The van der Waals surface area contributed by atoms with E-state index in [2.05, 4.69) is 41.3 Å².